The molecule has 0 bridgehead atoms. The molecule has 0 saturated heterocycles. The zero-order valence-electron chi connectivity index (χ0n) is 10.1. The molecule has 0 fully saturated rings. The number of nitrogens with zero attached hydrogens (tertiary/aromatic N) is 3. The van der Waals surface area contributed by atoms with Crippen LogP contribution in [0.4, 0.5) is 5.82 Å². The first-order chi connectivity index (χ1) is 8.26. The molecule has 0 aromatic carbocycles. The minimum atomic E-state index is 0.340. The van der Waals surface area contributed by atoms with E-state index >= 15 is 0 Å². The van der Waals surface area contributed by atoms with Crippen LogP contribution in [0, 0.1) is 0 Å². The fourth-order valence-electron chi connectivity index (χ4n) is 1.92. The molecule has 5 heteroatoms. The highest BCUT2D eigenvalue weighted by molar-refractivity contribution is 7.16. The molecule has 0 spiro atoms. The van der Waals surface area contributed by atoms with Gasteiger partial charge in [0, 0.05) is 13.1 Å². The second-order valence-electron chi connectivity index (χ2n) is 3.94. The fourth-order valence-corrected chi connectivity index (χ4v) is 2.89. The molecule has 3 nitrogen and oxygen atoms in total. The van der Waals surface area contributed by atoms with Gasteiger partial charge < -0.3 is 4.90 Å². The summed E-state index contributed by atoms with van der Waals surface area (Å²) in [6, 6.07) is 2.07. The zero-order valence-corrected chi connectivity index (χ0v) is 11.7. The summed E-state index contributed by atoms with van der Waals surface area (Å²) in [6.07, 6.45) is 2.21. The Morgan fingerprint density at radius 2 is 1.94 bits per heavy atom. The van der Waals surface area contributed by atoms with Gasteiger partial charge >= 0.3 is 0 Å². The number of aromatic nitrogens is 2. The summed E-state index contributed by atoms with van der Waals surface area (Å²) in [5.41, 5.74) is 0. The highest BCUT2D eigenvalue weighted by Crippen LogP contribution is 2.29. The summed E-state index contributed by atoms with van der Waals surface area (Å²) < 4.78 is 0. The van der Waals surface area contributed by atoms with E-state index in [4.69, 9.17) is 11.6 Å². The van der Waals surface area contributed by atoms with Crippen LogP contribution >= 0.6 is 22.9 Å². The molecule has 0 saturated carbocycles. The Morgan fingerprint density at radius 1 is 1.24 bits per heavy atom. The Hall–Kier alpha value is -0.870. The van der Waals surface area contributed by atoms with Crippen molar-refractivity contribution in [1.82, 2.24) is 9.97 Å². The predicted molar refractivity (Wildman–Crippen MR) is 75.2 cm³/mol. The van der Waals surface area contributed by atoms with Gasteiger partial charge in [0.25, 0.3) is 0 Å². The van der Waals surface area contributed by atoms with Crippen LogP contribution < -0.4 is 4.90 Å². The van der Waals surface area contributed by atoms with Crippen LogP contribution in [0.1, 0.15) is 26.7 Å². The van der Waals surface area contributed by atoms with E-state index in [0.717, 1.165) is 42.0 Å². The smallest absolute Gasteiger partial charge is 0.225 e. The van der Waals surface area contributed by atoms with Crippen molar-refractivity contribution >= 4 is 39.0 Å². The summed E-state index contributed by atoms with van der Waals surface area (Å²) in [5, 5.41) is 3.49. The average Bonchev–Trinajstić information content (AvgIpc) is 2.75. The van der Waals surface area contributed by atoms with Crippen molar-refractivity contribution in [3.8, 4) is 0 Å². The molecule has 0 N–H and O–H groups in total. The third-order valence-corrected chi connectivity index (χ3v) is 3.54. The molecule has 92 valence electrons. The van der Waals surface area contributed by atoms with Crippen molar-refractivity contribution in [3.63, 3.8) is 0 Å². The van der Waals surface area contributed by atoms with Crippen molar-refractivity contribution in [1.29, 1.82) is 0 Å². The maximum atomic E-state index is 5.98. The molecular weight excluding hydrogens is 254 g/mol. The molecule has 0 aliphatic rings. The van der Waals surface area contributed by atoms with Crippen molar-refractivity contribution in [3.05, 3.63) is 16.7 Å². The van der Waals surface area contributed by atoms with Crippen molar-refractivity contribution in [2.75, 3.05) is 18.0 Å². The Bertz CT molecular complexity index is 491. The number of halogens is 1. The number of thiophene rings is 1. The van der Waals surface area contributed by atoms with Crippen LogP contribution in [0.15, 0.2) is 11.4 Å². The molecule has 2 rings (SSSR count). The van der Waals surface area contributed by atoms with E-state index in [1.165, 1.54) is 0 Å². The third kappa shape index (κ3) is 2.69. The second-order valence-corrected chi connectivity index (χ2v) is 5.18. The Labute approximate surface area is 110 Å². The normalized spacial score (nSPS) is 11.0. The van der Waals surface area contributed by atoms with E-state index in [1.807, 2.05) is 5.38 Å². The van der Waals surface area contributed by atoms with E-state index in [2.05, 4.69) is 34.8 Å². The molecule has 2 aromatic heterocycles. The van der Waals surface area contributed by atoms with Crippen LogP contribution in [0.2, 0.25) is 5.28 Å². The summed E-state index contributed by atoms with van der Waals surface area (Å²) in [5.74, 6) is 0.977. The van der Waals surface area contributed by atoms with Gasteiger partial charge in [-0.05, 0) is 35.9 Å². The predicted octanol–water partition coefficient (Wildman–Crippen LogP) is 3.97. The molecule has 0 unspecified atom stereocenters. The van der Waals surface area contributed by atoms with Crippen LogP contribution in [-0.2, 0) is 0 Å². The lowest BCUT2D eigenvalue weighted by Crippen LogP contribution is -2.26. The lowest BCUT2D eigenvalue weighted by atomic mass is 10.3. The van der Waals surface area contributed by atoms with Crippen molar-refractivity contribution in [2.24, 2.45) is 0 Å². The van der Waals surface area contributed by atoms with Crippen LogP contribution in [0.25, 0.3) is 10.2 Å². The number of anilines is 1. The lowest BCUT2D eigenvalue weighted by Gasteiger charge is -2.23. The second kappa shape index (κ2) is 5.65. The lowest BCUT2D eigenvalue weighted by molar-refractivity contribution is 0.736. The highest BCUT2D eigenvalue weighted by Gasteiger charge is 2.13. The minimum Gasteiger partial charge on any atom is -0.356 e. The third-order valence-electron chi connectivity index (χ3n) is 2.56. The molecule has 2 heterocycles. The Morgan fingerprint density at radius 3 is 2.59 bits per heavy atom. The molecule has 17 heavy (non-hydrogen) atoms. The van der Waals surface area contributed by atoms with E-state index in [0.29, 0.717) is 5.28 Å². The van der Waals surface area contributed by atoms with Gasteiger partial charge in [-0.3, -0.25) is 0 Å². The first kappa shape index (κ1) is 12.6. The first-order valence-corrected chi connectivity index (χ1v) is 7.17. The maximum absolute atomic E-state index is 5.98. The van der Waals surface area contributed by atoms with Crippen LogP contribution in [0.3, 0.4) is 0 Å². The summed E-state index contributed by atoms with van der Waals surface area (Å²) in [7, 11) is 0. The summed E-state index contributed by atoms with van der Waals surface area (Å²) >= 11 is 7.59. The topological polar surface area (TPSA) is 29.0 Å². The van der Waals surface area contributed by atoms with Crippen LogP contribution in [0.5, 0.6) is 0 Å². The molecule has 0 aliphatic carbocycles. The highest BCUT2D eigenvalue weighted by atomic mass is 35.5. The van der Waals surface area contributed by atoms with E-state index in [-0.39, 0.29) is 0 Å². The monoisotopic (exact) mass is 269 g/mol. The number of hydrogen-bond donors (Lipinski definition) is 0. The largest absolute Gasteiger partial charge is 0.356 e. The molecule has 2 aromatic rings. The van der Waals surface area contributed by atoms with E-state index in [1.54, 1.807) is 11.3 Å². The summed E-state index contributed by atoms with van der Waals surface area (Å²) in [4.78, 5) is 11.9. The molecule has 0 atom stereocenters. The quantitative estimate of drug-likeness (QED) is 0.769. The molecule has 0 aliphatic heterocycles. The van der Waals surface area contributed by atoms with Gasteiger partial charge in [-0.25, -0.2) is 4.98 Å². The molecule has 0 amide bonds. The van der Waals surface area contributed by atoms with E-state index < -0.39 is 0 Å². The van der Waals surface area contributed by atoms with Gasteiger partial charge in [-0.15, -0.1) is 11.3 Å². The minimum absolute atomic E-state index is 0.340. The number of hydrogen-bond acceptors (Lipinski definition) is 4. The van der Waals surface area contributed by atoms with Crippen molar-refractivity contribution < 1.29 is 0 Å². The van der Waals surface area contributed by atoms with Gasteiger partial charge in [0.1, 0.15) is 10.6 Å². The van der Waals surface area contributed by atoms with E-state index in [9.17, 15) is 0 Å². The van der Waals surface area contributed by atoms with Crippen LogP contribution in [-0.4, -0.2) is 23.1 Å². The average molecular weight is 270 g/mol. The molecular formula is C12H16ClN3S. The molecule has 0 radical (unpaired) electrons. The standard InChI is InChI=1S/C12H16ClN3S/c1-3-6-16(7-4-2)10-9-5-8-17-11(9)15-12(13)14-10/h5,8H,3-4,6-7H2,1-2H3. The zero-order chi connectivity index (χ0) is 12.3. The van der Waals surface area contributed by atoms with Gasteiger partial charge in [-0.1, -0.05) is 13.8 Å². The maximum Gasteiger partial charge on any atom is 0.225 e. The van der Waals surface area contributed by atoms with Gasteiger partial charge in [0.05, 0.1) is 5.39 Å². The van der Waals surface area contributed by atoms with Gasteiger partial charge in [0.2, 0.25) is 5.28 Å². The summed E-state index contributed by atoms with van der Waals surface area (Å²) in [6.45, 7) is 6.37. The number of rotatable bonds is 5. The first-order valence-electron chi connectivity index (χ1n) is 5.92. The number of fused-ring (bicyclic) bond motifs is 1. The Kier molecular flexibility index (Phi) is 4.18. The SMILES string of the molecule is CCCN(CCC)c1nc(Cl)nc2sccc12. The Balaban J connectivity index is 2.46. The van der Waals surface area contributed by atoms with Crippen molar-refractivity contribution in [2.45, 2.75) is 26.7 Å². The van der Waals surface area contributed by atoms with Gasteiger partial charge in [0.15, 0.2) is 0 Å². The fraction of sp³-hybridized carbons (Fsp3) is 0.500. The van der Waals surface area contributed by atoms with Gasteiger partial charge in [-0.2, -0.15) is 4.98 Å².